The molecular weight excluding hydrogens is 256 g/mol. The van der Waals surface area contributed by atoms with Crippen molar-refractivity contribution in [2.24, 2.45) is 0 Å². The molecule has 0 spiro atoms. The minimum Gasteiger partial charge on any atom is -0.507 e. The van der Waals surface area contributed by atoms with Crippen LogP contribution in [0.1, 0.15) is 47.3 Å². The molecule has 0 aliphatic heterocycles. The van der Waals surface area contributed by atoms with Gasteiger partial charge < -0.3 is 14.9 Å². The molecule has 0 bridgehead atoms. The first kappa shape index (κ1) is 16.1. The third-order valence-electron chi connectivity index (χ3n) is 3.34. The quantitative estimate of drug-likeness (QED) is 0.636. The SMILES string of the molecule is CC(C)=CCCOc1c(C)c(C)c(C(=O)O)c(O)c1C. The summed E-state index contributed by atoms with van der Waals surface area (Å²) in [7, 11) is 0. The summed E-state index contributed by atoms with van der Waals surface area (Å²) in [5.41, 5.74) is 2.95. The van der Waals surface area contributed by atoms with E-state index in [-0.39, 0.29) is 11.3 Å². The van der Waals surface area contributed by atoms with Crippen LogP contribution in [0.5, 0.6) is 11.5 Å². The first-order chi connectivity index (χ1) is 9.27. The molecule has 0 saturated carbocycles. The van der Waals surface area contributed by atoms with E-state index in [4.69, 9.17) is 9.84 Å². The molecule has 0 aliphatic rings. The Morgan fingerprint density at radius 3 is 2.25 bits per heavy atom. The van der Waals surface area contributed by atoms with E-state index >= 15 is 0 Å². The van der Waals surface area contributed by atoms with Crippen molar-refractivity contribution in [1.29, 1.82) is 0 Å². The highest BCUT2D eigenvalue weighted by Crippen LogP contribution is 2.37. The van der Waals surface area contributed by atoms with Gasteiger partial charge in [0.1, 0.15) is 17.1 Å². The second kappa shape index (κ2) is 6.46. The summed E-state index contributed by atoms with van der Waals surface area (Å²) in [6.07, 6.45) is 2.85. The minimum absolute atomic E-state index is 0.0448. The number of carboxylic acids is 1. The van der Waals surface area contributed by atoms with Gasteiger partial charge >= 0.3 is 5.97 Å². The van der Waals surface area contributed by atoms with Gasteiger partial charge in [0.15, 0.2) is 0 Å². The van der Waals surface area contributed by atoms with Crippen LogP contribution in [0.3, 0.4) is 0 Å². The fourth-order valence-corrected chi connectivity index (χ4v) is 2.10. The van der Waals surface area contributed by atoms with E-state index in [1.165, 1.54) is 5.57 Å². The second-order valence-electron chi connectivity index (χ2n) is 5.15. The molecule has 1 aromatic rings. The van der Waals surface area contributed by atoms with Crippen LogP contribution < -0.4 is 4.74 Å². The molecule has 1 rings (SSSR count). The number of allylic oxidation sites excluding steroid dienone is 1. The van der Waals surface area contributed by atoms with Crippen molar-refractivity contribution < 1.29 is 19.7 Å². The summed E-state index contributed by atoms with van der Waals surface area (Å²) in [5, 5.41) is 19.2. The Labute approximate surface area is 119 Å². The summed E-state index contributed by atoms with van der Waals surface area (Å²) in [4.78, 5) is 11.2. The van der Waals surface area contributed by atoms with Crippen molar-refractivity contribution in [3.05, 3.63) is 33.9 Å². The number of hydrogen-bond donors (Lipinski definition) is 2. The van der Waals surface area contributed by atoms with Crippen LogP contribution in [0.15, 0.2) is 11.6 Å². The minimum atomic E-state index is -1.12. The Morgan fingerprint density at radius 1 is 1.15 bits per heavy atom. The summed E-state index contributed by atoms with van der Waals surface area (Å²) in [6.45, 7) is 9.70. The van der Waals surface area contributed by atoms with E-state index in [0.717, 1.165) is 12.0 Å². The van der Waals surface area contributed by atoms with Crippen LogP contribution >= 0.6 is 0 Å². The van der Waals surface area contributed by atoms with E-state index < -0.39 is 5.97 Å². The maximum absolute atomic E-state index is 11.2. The van der Waals surface area contributed by atoms with Crippen molar-refractivity contribution >= 4 is 5.97 Å². The first-order valence-electron chi connectivity index (χ1n) is 6.59. The number of phenols is 1. The number of carbonyl (C=O) groups is 1. The molecule has 20 heavy (non-hydrogen) atoms. The van der Waals surface area contributed by atoms with Gasteiger partial charge in [0.25, 0.3) is 0 Å². The molecule has 0 aromatic heterocycles. The lowest BCUT2D eigenvalue weighted by Gasteiger charge is -2.17. The molecule has 2 N–H and O–H groups in total. The highest BCUT2D eigenvalue weighted by atomic mass is 16.5. The van der Waals surface area contributed by atoms with Crippen LogP contribution in [-0.2, 0) is 0 Å². The number of aromatic hydroxyl groups is 1. The largest absolute Gasteiger partial charge is 0.507 e. The molecule has 110 valence electrons. The molecule has 0 amide bonds. The standard InChI is InChI=1S/C16H22O4/c1-9(2)7-6-8-20-15-11(4)10(3)13(16(18)19)14(17)12(15)5/h7,17H,6,8H2,1-5H3,(H,18,19). The Morgan fingerprint density at radius 2 is 1.75 bits per heavy atom. The zero-order valence-corrected chi connectivity index (χ0v) is 12.7. The van der Waals surface area contributed by atoms with E-state index in [1.54, 1.807) is 13.8 Å². The number of rotatable bonds is 5. The van der Waals surface area contributed by atoms with Gasteiger partial charge in [-0.05, 0) is 52.2 Å². The van der Waals surface area contributed by atoms with Crippen molar-refractivity contribution in [1.82, 2.24) is 0 Å². The topological polar surface area (TPSA) is 66.8 Å². The van der Waals surface area contributed by atoms with Crippen molar-refractivity contribution in [2.45, 2.75) is 41.0 Å². The molecule has 4 heteroatoms. The van der Waals surface area contributed by atoms with E-state index in [2.05, 4.69) is 6.08 Å². The molecule has 0 atom stereocenters. The summed E-state index contributed by atoms with van der Waals surface area (Å²) in [6, 6.07) is 0. The van der Waals surface area contributed by atoms with Crippen LogP contribution in [0, 0.1) is 20.8 Å². The van der Waals surface area contributed by atoms with Crippen molar-refractivity contribution in [3.8, 4) is 11.5 Å². The van der Waals surface area contributed by atoms with Gasteiger partial charge in [-0.25, -0.2) is 4.79 Å². The number of aromatic carboxylic acids is 1. The highest BCUT2D eigenvalue weighted by molar-refractivity contribution is 5.94. The molecule has 0 heterocycles. The van der Waals surface area contributed by atoms with Crippen LogP contribution in [-0.4, -0.2) is 22.8 Å². The average Bonchev–Trinajstić information content (AvgIpc) is 2.35. The summed E-state index contributed by atoms with van der Waals surface area (Å²) >= 11 is 0. The molecular formula is C16H22O4. The number of benzene rings is 1. The Kier molecular flexibility index (Phi) is 5.19. The fraction of sp³-hybridized carbons (Fsp3) is 0.438. The Balaban J connectivity index is 3.10. The second-order valence-corrected chi connectivity index (χ2v) is 5.15. The number of ether oxygens (including phenoxy) is 1. The number of carboxylic acid groups (broad SMARTS) is 1. The van der Waals surface area contributed by atoms with Gasteiger partial charge in [0.2, 0.25) is 0 Å². The maximum atomic E-state index is 11.2. The molecule has 0 fully saturated rings. The maximum Gasteiger partial charge on any atom is 0.339 e. The summed E-state index contributed by atoms with van der Waals surface area (Å²) < 4.78 is 5.72. The monoisotopic (exact) mass is 278 g/mol. The zero-order valence-electron chi connectivity index (χ0n) is 12.7. The lowest BCUT2D eigenvalue weighted by molar-refractivity contribution is 0.0692. The molecule has 4 nitrogen and oxygen atoms in total. The molecule has 0 unspecified atom stereocenters. The normalized spacial score (nSPS) is 10.2. The van der Waals surface area contributed by atoms with Crippen molar-refractivity contribution in [2.75, 3.05) is 6.61 Å². The number of hydrogen-bond acceptors (Lipinski definition) is 3. The van der Waals surface area contributed by atoms with E-state index in [1.807, 2.05) is 20.8 Å². The summed E-state index contributed by atoms with van der Waals surface area (Å²) in [5.74, 6) is -0.757. The highest BCUT2D eigenvalue weighted by Gasteiger charge is 2.22. The van der Waals surface area contributed by atoms with Gasteiger partial charge in [-0.3, -0.25) is 0 Å². The average molecular weight is 278 g/mol. The zero-order chi connectivity index (χ0) is 15.4. The van der Waals surface area contributed by atoms with Crippen LogP contribution in [0.2, 0.25) is 0 Å². The van der Waals surface area contributed by atoms with Crippen LogP contribution in [0.4, 0.5) is 0 Å². The van der Waals surface area contributed by atoms with Gasteiger partial charge in [-0.1, -0.05) is 11.6 Å². The van der Waals surface area contributed by atoms with Crippen molar-refractivity contribution in [3.63, 3.8) is 0 Å². The fourth-order valence-electron chi connectivity index (χ4n) is 2.10. The van der Waals surface area contributed by atoms with Gasteiger partial charge in [-0.15, -0.1) is 0 Å². The van der Waals surface area contributed by atoms with Gasteiger partial charge in [0, 0.05) is 5.56 Å². The molecule has 0 radical (unpaired) electrons. The predicted octanol–water partition coefficient (Wildman–Crippen LogP) is 3.75. The van der Waals surface area contributed by atoms with Gasteiger partial charge in [-0.2, -0.15) is 0 Å². The molecule has 0 aliphatic carbocycles. The molecule has 1 aromatic carbocycles. The lowest BCUT2D eigenvalue weighted by Crippen LogP contribution is -2.07. The first-order valence-corrected chi connectivity index (χ1v) is 6.59. The van der Waals surface area contributed by atoms with E-state index in [9.17, 15) is 9.90 Å². The van der Waals surface area contributed by atoms with Gasteiger partial charge in [0.05, 0.1) is 6.61 Å². The Bertz CT molecular complexity index is 523. The predicted molar refractivity (Wildman–Crippen MR) is 78.8 cm³/mol. The third kappa shape index (κ3) is 3.32. The molecule has 0 saturated heterocycles. The van der Waals surface area contributed by atoms with Crippen LogP contribution in [0.25, 0.3) is 0 Å². The third-order valence-corrected chi connectivity index (χ3v) is 3.34. The lowest BCUT2D eigenvalue weighted by atomic mass is 9.97. The Hall–Kier alpha value is -1.97. The van der Waals surface area contributed by atoms with E-state index in [0.29, 0.717) is 23.5 Å². The smallest absolute Gasteiger partial charge is 0.339 e.